The van der Waals surface area contributed by atoms with Crippen molar-refractivity contribution in [2.24, 2.45) is 7.05 Å². The van der Waals surface area contributed by atoms with Crippen LogP contribution in [0.3, 0.4) is 0 Å². The molecule has 6 rings (SSSR count). The van der Waals surface area contributed by atoms with E-state index in [1.165, 1.54) is 12.1 Å². The molecule has 1 aromatic carbocycles. The van der Waals surface area contributed by atoms with E-state index in [1.54, 1.807) is 41.9 Å². The zero-order chi connectivity index (χ0) is 28.0. The Bertz CT molecular complexity index is 1640. The van der Waals surface area contributed by atoms with E-state index in [9.17, 15) is 9.18 Å². The normalized spacial score (nSPS) is 20.5. The first-order valence-corrected chi connectivity index (χ1v) is 13.9. The van der Waals surface area contributed by atoms with Crippen molar-refractivity contribution in [1.82, 2.24) is 24.6 Å². The van der Waals surface area contributed by atoms with Gasteiger partial charge in [-0.3, -0.25) is 9.69 Å². The van der Waals surface area contributed by atoms with E-state index in [1.807, 2.05) is 0 Å². The first-order chi connectivity index (χ1) is 19.4. The number of nitrogens with zero attached hydrogens (tertiary/aromatic N) is 7. The highest BCUT2D eigenvalue weighted by molar-refractivity contribution is 5.89. The third-order valence-corrected chi connectivity index (χ3v) is 8.31. The number of piperazine rings is 1. The van der Waals surface area contributed by atoms with Crippen molar-refractivity contribution in [3.8, 4) is 0 Å². The van der Waals surface area contributed by atoms with Gasteiger partial charge in [0.1, 0.15) is 11.9 Å². The van der Waals surface area contributed by atoms with Crippen LogP contribution in [0.25, 0.3) is 15.9 Å². The van der Waals surface area contributed by atoms with Crippen LogP contribution in [0.5, 0.6) is 0 Å². The molecule has 1 aliphatic carbocycles. The van der Waals surface area contributed by atoms with Crippen molar-refractivity contribution in [1.29, 1.82) is 0 Å². The lowest BCUT2D eigenvalue weighted by atomic mass is 9.95. The number of pyridine rings is 2. The highest BCUT2D eigenvalue weighted by atomic mass is 19.1. The SMILES string of the molecule is [C-]#[N+]c1ccc2c(n1)c(N1C[C@@H](CC)N(C(c3ccc(F)cc3)c3nc(C4CC4)no3)C[C@@H]1CC)cc(=O)n2C. The molecule has 0 spiro atoms. The summed E-state index contributed by atoms with van der Waals surface area (Å²) in [5, 5.41) is 4.29. The van der Waals surface area contributed by atoms with Crippen LogP contribution in [0.4, 0.5) is 15.9 Å². The van der Waals surface area contributed by atoms with Crippen LogP contribution in [0.1, 0.15) is 68.8 Å². The van der Waals surface area contributed by atoms with Gasteiger partial charge in [-0.1, -0.05) is 37.7 Å². The summed E-state index contributed by atoms with van der Waals surface area (Å²) in [6.45, 7) is 13.1. The van der Waals surface area contributed by atoms with Crippen molar-refractivity contribution in [3.05, 3.63) is 87.3 Å². The molecule has 0 radical (unpaired) electrons. The third kappa shape index (κ3) is 4.64. The molecule has 2 fully saturated rings. The molecular weight excluding hydrogens is 509 g/mol. The molecule has 1 aliphatic heterocycles. The number of anilines is 1. The Labute approximate surface area is 232 Å². The van der Waals surface area contributed by atoms with Gasteiger partial charge in [0.25, 0.3) is 11.4 Å². The molecule has 1 unspecified atom stereocenters. The number of benzene rings is 1. The van der Waals surface area contributed by atoms with Gasteiger partial charge < -0.3 is 18.8 Å². The zero-order valence-electron chi connectivity index (χ0n) is 22.9. The Balaban J connectivity index is 1.43. The van der Waals surface area contributed by atoms with Crippen LogP contribution in [-0.4, -0.2) is 49.8 Å². The Morgan fingerprint density at radius 3 is 2.50 bits per heavy atom. The van der Waals surface area contributed by atoms with E-state index >= 15 is 0 Å². The standard InChI is InChI=1S/C30H32FN7O2/c1-5-21-17-38(28(18-9-11-20(31)12-10-18)30-34-29(35-40-30)19-7-8-19)22(6-2)16-37(21)24-15-26(39)36(4)23-13-14-25(32-3)33-27(23)24/h9-15,19,21-22,28H,5-8,16-17H2,1-2,4H3/t21-,22+,28?/m0/s1. The minimum atomic E-state index is -0.325. The smallest absolute Gasteiger partial charge is 0.270 e. The van der Waals surface area contributed by atoms with Crippen molar-refractivity contribution in [2.45, 2.75) is 63.6 Å². The fourth-order valence-electron chi connectivity index (χ4n) is 5.87. The molecule has 2 aliphatic rings. The Morgan fingerprint density at radius 2 is 1.82 bits per heavy atom. The van der Waals surface area contributed by atoms with Gasteiger partial charge in [-0.05, 0) is 55.5 Å². The van der Waals surface area contributed by atoms with Crippen molar-refractivity contribution in [3.63, 3.8) is 0 Å². The maximum Gasteiger partial charge on any atom is 0.270 e. The predicted molar refractivity (Wildman–Crippen MR) is 150 cm³/mol. The van der Waals surface area contributed by atoms with Gasteiger partial charge in [-0.15, -0.1) is 4.98 Å². The van der Waals surface area contributed by atoms with Crippen molar-refractivity contribution < 1.29 is 8.91 Å². The van der Waals surface area contributed by atoms with E-state index < -0.39 is 0 Å². The van der Waals surface area contributed by atoms with E-state index in [0.29, 0.717) is 41.7 Å². The van der Waals surface area contributed by atoms with E-state index in [4.69, 9.17) is 16.1 Å². The van der Waals surface area contributed by atoms with Crippen LogP contribution < -0.4 is 10.5 Å². The monoisotopic (exact) mass is 541 g/mol. The largest absolute Gasteiger partial charge is 0.362 e. The molecule has 0 amide bonds. The minimum absolute atomic E-state index is 0.0466. The Kier molecular flexibility index (Phi) is 6.84. The number of halogens is 1. The second-order valence-corrected chi connectivity index (χ2v) is 10.8. The summed E-state index contributed by atoms with van der Waals surface area (Å²) in [5.74, 6) is 1.63. The van der Waals surface area contributed by atoms with Crippen molar-refractivity contribution >= 4 is 22.5 Å². The third-order valence-electron chi connectivity index (χ3n) is 8.31. The molecule has 4 heterocycles. The van der Waals surface area contributed by atoms with Crippen LogP contribution in [0.15, 0.2) is 51.8 Å². The maximum atomic E-state index is 13.9. The summed E-state index contributed by atoms with van der Waals surface area (Å²) in [7, 11) is 1.73. The molecule has 10 heteroatoms. The summed E-state index contributed by atoms with van der Waals surface area (Å²) >= 11 is 0. The fraction of sp³-hybridized carbons (Fsp3) is 0.433. The molecule has 3 aromatic heterocycles. The molecule has 3 atom stereocenters. The zero-order valence-corrected chi connectivity index (χ0v) is 22.9. The Hall–Kier alpha value is -4.10. The van der Waals surface area contributed by atoms with Gasteiger partial charge in [-0.25, -0.2) is 4.39 Å². The molecule has 40 heavy (non-hydrogen) atoms. The molecule has 206 valence electrons. The van der Waals surface area contributed by atoms with Gasteiger partial charge in [-0.2, -0.15) is 4.98 Å². The van der Waals surface area contributed by atoms with E-state index in [-0.39, 0.29) is 29.5 Å². The number of rotatable bonds is 7. The molecule has 1 saturated heterocycles. The van der Waals surface area contributed by atoms with Crippen LogP contribution >= 0.6 is 0 Å². The minimum Gasteiger partial charge on any atom is -0.362 e. The lowest BCUT2D eigenvalue weighted by Crippen LogP contribution is -2.59. The van der Waals surface area contributed by atoms with Gasteiger partial charge in [0.2, 0.25) is 11.4 Å². The number of aryl methyl sites for hydroxylation is 1. The average molecular weight is 542 g/mol. The summed E-state index contributed by atoms with van der Waals surface area (Å²) < 4.78 is 21.4. The lowest BCUT2D eigenvalue weighted by Gasteiger charge is -2.49. The van der Waals surface area contributed by atoms with E-state index in [0.717, 1.165) is 42.8 Å². The molecule has 9 nitrogen and oxygen atoms in total. The van der Waals surface area contributed by atoms with Crippen molar-refractivity contribution in [2.75, 3.05) is 18.0 Å². The first kappa shape index (κ1) is 26.1. The average Bonchev–Trinajstić information content (AvgIpc) is 3.72. The second kappa shape index (κ2) is 10.5. The summed E-state index contributed by atoms with van der Waals surface area (Å²) in [4.78, 5) is 30.7. The first-order valence-electron chi connectivity index (χ1n) is 13.9. The molecular formula is C30H32FN7O2. The molecule has 1 saturated carbocycles. The highest BCUT2D eigenvalue weighted by Crippen LogP contribution is 2.41. The molecule has 0 bridgehead atoms. The number of hydrogen-bond acceptors (Lipinski definition) is 7. The summed E-state index contributed by atoms with van der Waals surface area (Å²) in [6.07, 6.45) is 3.79. The highest BCUT2D eigenvalue weighted by Gasteiger charge is 2.41. The number of aromatic nitrogens is 4. The quantitative estimate of drug-likeness (QED) is 0.292. The van der Waals surface area contributed by atoms with Gasteiger partial charge in [0.15, 0.2) is 5.82 Å². The van der Waals surface area contributed by atoms with Crippen LogP contribution in [0.2, 0.25) is 0 Å². The second-order valence-electron chi connectivity index (χ2n) is 10.8. The van der Waals surface area contributed by atoms with E-state index in [2.05, 4.69) is 38.6 Å². The number of hydrogen-bond donors (Lipinski definition) is 0. The number of fused-ring (bicyclic) bond motifs is 1. The van der Waals surface area contributed by atoms with Gasteiger partial charge in [0, 0.05) is 44.2 Å². The Morgan fingerprint density at radius 1 is 1.07 bits per heavy atom. The summed E-state index contributed by atoms with van der Waals surface area (Å²) in [6, 6.07) is 11.4. The fourth-order valence-corrected chi connectivity index (χ4v) is 5.87. The molecule has 0 N–H and O–H groups in total. The van der Waals surface area contributed by atoms with Crippen LogP contribution in [0, 0.1) is 12.4 Å². The lowest BCUT2D eigenvalue weighted by molar-refractivity contribution is 0.0934. The summed E-state index contributed by atoms with van der Waals surface area (Å²) in [5.41, 5.74) is 2.88. The van der Waals surface area contributed by atoms with Crippen LogP contribution in [-0.2, 0) is 7.05 Å². The van der Waals surface area contributed by atoms with Gasteiger partial charge >= 0.3 is 0 Å². The maximum absolute atomic E-state index is 13.9. The molecule has 4 aromatic rings. The van der Waals surface area contributed by atoms with Gasteiger partial charge in [0.05, 0.1) is 11.2 Å². The topological polar surface area (TPSA) is 84.7 Å². The predicted octanol–water partition coefficient (Wildman–Crippen LogP) is 5.35.